The van der Waals surface area contributed by atoms with Crippen molar-refractivity contribution in [2.24, 2.45) is 0 Å². The van der Waals surface area contributed by atoms with Crippen LogP contribution in [0.15, 0.2) is 42.5 Å². The number of nitrogens with zero attached hydrogens (tertiary/aromatic N) is 2. The minimum atomic E-state index is -0.00551. The number of benzene rings is 2. The number of hydrogen-bond acceptors (Lipinski definition) is 2. The van der Waals surface area contributed by atoms with Crippen LogP contribution in [0.1, 0.15) is 33.5 Å². The van der Waals surface area contributed by atoms with E-state index in [4.69, 9.17) is 11.6 Å². The van der Waals surface area contributed by atoms with E-state index < -0.39 is 0 Å². The molecule has 0 unspecified atom stereocenters. The topological polar surface area (TPSA) is 40.6 Å². The van der Waals surface area contributed by atoms with E-state index in [1.54, 1.807) is 29.2 Å². The van der Waals surface area contributed by atoms with Gasteiger partial charge in [0.1, 0.15) is 0 Å². The Balaban J connectivity index is 1.50. The fourth-order valence-electron chi connectivity index (χ4n) is 3.46. The summed E-state index contributed by atoms with van der Waals surface area (Å²) in [5.41, 5.74) is 4.34. The van der Waals surface area contributed by atoms with Crippen molar-refractivity contribution in [2.45, 2.75) is 26.7 Å². The lowest BCUT2D eigenvalue weighted by molar-refractivity contribution is -0.132. The van der Waals surface area contributed by atoms with Crippen LogP contribution in [0, 0.1) is 13.8 Å². The van der Waals surface area contributed by atoms with Gasteiger partial charge in [-0.05, 0) is 55.7 Å². The van der Waals surface area contributed by atoms with E-state index >= 15 is 0 Å². The smallest absolute Gasteiger partial charge is 0.253 e. The first-order valence-corrected chi connectivity index (χ1v) is 9.70. The number of carbonyl (C=O) groups excluding carboxylic acids is 2. The van der Waals surface area contributed by atoms with Gasteiger partial charge in [0.25, 0.3) is 5.91 Å². The Morgan fingerprint density at radius 3 is 2.19 bits per heavy atom. The van der Waals surface area contributed by atoms with Crippen LogP contribution >= 0.6 is 11.6 Å². The molecule has 0 spiro atoms. The lowest BCUT2D eigenvalue weighted by Gasteiger charge is -2.35. The minimum Gasteiger partial charge on any atom is -0.339 e. The van der Waals surface area contributed by atoms with Crippen molar-refractivity contribution in [3.63, 3.8) is 0 Å². The van der Waals surface area contributed by atoms with Crippen LogP contribution in [0.25, 0.3) is 0 Å². The van der Waals surface area contributed by atoms with Gasteiger partial charge in [-0.15, -0.1) is 0 Å². The largest absolute Gasteiger partial charge is 0.339 e. The molecule has 2 aromatic rings. The first-order chi connectivity index (χ1) is 12.9. The molecule has 0 atom stereocenters. The molecule has 142 valence electrons. The van der Waals surface area contributed by atoms with Crippen molar-refractivity contribution in [1.29, 1.82) is 0 Å². The Hall–Kier alpha value is -2.33. The number of aryl methyl sites for hydroxylation is 3. The number of rotatable bonds is 4. The molecule has 1 aliphatic heterocycles. The molecule has 27 heavy (non-hydrogen) atoms. The third kappa shape index (κ3) is 4.89. The summed E-state index contributed by atoms with van der Waals surface area (Å²) in [6, 6.07) is 13.3. The fourth-order valence-corrected chi connectivity index (χ4v) is 3.59. The zero-order valence-corrected chi connectivity index (χ0v) is 16.6. The van der Waals surface area contributed by atoms with Gasteiger partial charge in [-0.3, -0.25) is 9.59 Å². The molecule has 0 N–H and O–H groups in total. The number of amides is 2. The van der Waals surface area contributed by atoms with Gasteiger partial charge in [0, 0.05) is 43.2 Å². The summed E-state index contributed by atoms with van der Waals surface area (Å²) < 4.78 is 0. The fraction of sp³-hybridized carbons (Fsp3) is 0.364. The SMILES string of the molecule is Cc1ccc(CCC(=O)N2CCN(C(=O)c3ccc(Cl)cc3)CC2)c(C)c1. The van der Waals surface area contributed by atoms with Crippen LogP contribution in [-0.2, 0) is 11.2 Å². The van der Waals surface area contributed by atoms with Crippen LogP contribution in [0.5, 0.6) is 0 Å². The summed E-state index contributed by atoms with van der Waals surface area (Å²) in [5, 5.41) is 0.616. The van der Waals surface area contributed by atoms with Gasteiger partial charge in [0.05, 0.1) is 0 Å². The Morgan fingerprint density at radius 2 is 1.56 bits per heavy atom. The van der Waals surface area contributed by atoms with Gasteiger partial charge in [-0.2, -0.15) is 0 Å². The first kappa shape index (κ1) is 19.4. The molecule has 3 rings (SSSR count). The Bertz CT molecular complexity index is 825. The molecule has 1 saturated heterocycles. The van der Waals surface area contributed by atoms with E-state index in [9.17, 15) is 9.59 Å². The standard InChI is InChI=1S/C22H25ClN2O2/c1-16-3-4-18(17(2)15-16)7-10-21(26)24-11-13-25(14-12-24)22(27)19-5-8-20(23)9-6-19/h3-6,8-9,15H,7,10-14H2,1-2H3. The molecule has 1 fully saturated rings. The molecule has 4 nitrogen and oxygen atoms in total. The average Bonchev–Trinajstić information content (AvgIpc) is 2.67. The lowest BCUT2D eigenvalue weighted by Crippen LogP contribution is -2.50. The predicted molar refractivity (Wildman–Crippen MR) is 108 cm³/mol. The molecule has 1 heterocycles. The molecule has 1 aliphatic rings. The van der Waals surface area contributed by atoms with Crippen LogP contribution in [0.3, 0.4) is 0 Å². The van der Waals surface area contributed by atoms with Crippen molar-refractivity contribution in [3.8, 4) is 0 Å². The maximum atomic E-state index is 12.5. The maximum absolute atomic E-state index is 12.5. The highest BCUT2D eigenvalue weighted by molar-refractivity contribution is 6.30. The zero-order chi connectivity index (χ0) is 19.4. The second kappa shape index (κ2) is 8.57. The van der Waals surface area contributed by atoms with Gasteiger partial charge >= 0.3 is 0 Å². The molecule has 2 aromatic carbocycles. The van der Waals surface area contributed by atoms with E-state index in [0.717, 1.165) is 6.42 Å². The van der Waals surface area contributed by atoms with Crippen LogP contribution in [0.2, 0.25) is 5.02 Å². The summed E-state index contributed by atoms with van der Waals surface area (Å²) in [7, 11) is 0. The van der Waals surface area contributed by atoms with Crippen molar-refractivity contribution >= 4 is 23.4 Å². The van der Waals surface area contributed by atoms with Crippen LogP contribution in [-0.4, -0.2) is 47.8 Å². The molecular weight excluding hydrogens is 360 g/mol. The Labute approximate surface area is 165 Å². The Kier molecular flexibility index (Phi) is 6.17. The van der Waals surface area contributed by atoms with Crippen molar-refractivity contribution in [1.82, 2.24) is 9.80 Å². The second-order valence-electron chi connectivity index (χ2n) is 7.11. The molecule has 0 saturated carbocycles. The highest BCUT2D eigenvalue weighted by Crippen LogP contribution is 2.15. The predicted octanol–water partition coefficient (Wildman–Crippen LogP) is 3.87. The van der Waals surface area contributed by atoms with E-state index in [1.807, 2.05) is 4.90 Å². The molecular formula is C22H25ClN2O2. The summed E-state index contributed by atoms with van der Waals surface area (Å²) in [4.78, 5) is 28.8. The highest BCUT2D eigenvalue weighted by Gasteiger charge is 2.24. The van der Waals surface area contributed by atoms with E-state index in [-0.39, 0.29) is 11.8 Å². The zero-order valence-electron chi connectivity index (χ0n) is 15.9. The lowest BCUT2D eigenvalue weighted by atomic mass is 10.0. The number of piperazine rings is 1. The normalized spacial score (nSPS) is 14.3. The van der Waals surface area contributed by atoms with Gasteiger partial charge in [0.15, 0.2) is 0 Å². The molecule has 5 heteroatoms. The molecule has 0 aromatic heterocycles. The minimum absolute atomic E-state index is 0.00551. The van der Waals surface area contributed by atoms with Gasteiger partial charge in [0.2, 0.25) is 5.91 Å². The third-order valence-electron chi connectivity index (χ3n) is 5.12. The van der Waals surface area contributed by atoms with E-state index in [2.05, 4.69) is 32.0 Å². The number of halogens is 1. The highest BCUT2D eigenvalue weighted by atomic mass is 35.5. The molecule has 0 bridgehead atoms. The van der Waals surface area contributed by atoms with Crippen LogP contribution in [0.4, 0.5) is 0 Å². The van der Waals surface area contributed by atoms with E-state index in [0.29, 0.717) is 43.2 Å². The summed E-state index contributed by atoms with van der Waals surface area (Å²) in [6.45, 7) is 6.48. The maximum Gasteiger partial charge on any atom is 0.253 e. The Morgan fingerprint density at radius 1 is 0.926 bits per heavy atom. The molecule has 0 radical (unpaired) electrons. The van der Waals surface area contributed by atoms with Crippen LogP contribution < -0.4 is 0 Å². The summed E-state index contributed by atoms with van der Waals surface area (Å²) in [6.07, 6.45) is 1.27. The van der Waals surface area contributed by atoms with E-state index in [1.165, 1.54) is 16.7 Å². The first-order valence-electron chi connectivity index (χ1n) is 9.33. The van der Waals surface area contributed by atoms with Crippen molar-refractivity contribution < 1.29 is 9.59 Å². The second-order valence-corrected chi connectivity index (χ2v) is 7.55. The third-order valence-corrected chi connectivity index (χ3v) is 5.37. The summed E-state index contributed by atoms with van der Waals surface area (Å²) >= 11 is 5.88. The van der Waals surface area contributed by atoms with Gasteiger partial charge < -0.3 is 9.80 Å². The number of carbonyl (C=O) groups is 2. The quantitative estimate of drug-likeness (QED) is 0.802. The summed E-state index contributed by atoms with van der Waals surface area (Å²) in [5.74, 6) is 0.155. The molecule has 0 aliphatic carbocycles. The molecule has 2 amide bonds. The average molecular weight is 385 g/mol. The monoisotopic (exact) mass is 384 g/mol. The van der Waals surface area contributed by atoms with Crippen molar-refractivity contribution in [3.05, 3.63) is 69.7 Å². The van der Waals surface area contributed by atoms with Crippen molar-refractivity contribution in [2.75, 3.05) is 26.2 Å². The van der Waals surface area contributed by atoms with Gasteiger partial charge in [-0.25, -0.2) is 0 Å². The number of hydrogen-bond donors (Lipinski definition) is 0. The van der Waals surface area contributed by atoms with Gasteiger partial charge in [-0.1, -0.05) is 35.4 Å².